The van der Waals surface area contributed by atoms with Gasteiger partial charge in [0.25, 0.3) is 0 Å². The average molecular weight is 286 g/mol. The van der Waals surface area contributed by atoms with Gasteiger partial charge in [-0.2, -0.15) is 4.31 Å². The van der Waals surface area contributed by atoms with Crippen molar-refractivity contribution < 1.29 is 8.42 Å². The van der Waals surface area contributed by atoms with Gasteiger partial charge in [0.2, 0.25) is 10.0 Å². The van der Waals surface area contributed by atoms with E-state index in [1.165, 1.54) is 4.31 Å². The Hall–Kier alpha value is -0.980. The highest BCUT2D eigenvalue weighted by atomic mass is 32.2. The minimum absolute atomic E-state index is 0.0988. The topological polar surface area (TPSA) is 63.4 Å². The molecule has 1 aromatic rings. The van der Waals surface area contributed by atoms with Crippen LogP contribution in [0.3, 0.4) is 0 Å². The Morgan fingerprint density at radius 3 is 2.44 bits per heavy atom. The number of nitrogens with zero attached hydrogens (tertiary/aromatic N) is 1. The Morgan fingerprint density at radius 2 is 1.94 bits per heavy atom. The van der Waals surface area contributed by atoms with E-state index in [1.54, 1.807) is 24.3 Å². The van der Waals surface area contributed by atoms with Crippen LogP contribution >= 0.6 is 12.2 Å². The monoisotopic (exact) mass is 286 g/mol. The zero-order chi connectivity index (χ0) is 13.8. The number of thiocarbonyl (C=S) groups is 1. The second-order valence-electron chi connectivity index (χ2n) is 3.86. The molecular formula is C12H18N2O2S2. The predicted molar refractivity (Wildman–Crippen MR) is 77.1 cm³/mol. The standard InChI is InChI=1S/C12H18N2O2S2/c1-3-9-14(4-2)18(15,16)11-8-6-5-7-10(11)12(13)17/h5-8H,3-4,9H2,1-2H3,(H2,13,17). The van der Waals surface area contributed by atoms with E-state index in [2.05, 4.69) is 0 Å². The van der Waals surface area contributed by atoms with Crippen LogP contribution in [-0.4, -0.2) is 30.8 Å². The van der Waals surface area contributed by atoms with E-state index in [0.29, 0.717) is 18.7 Å². The molecule has 0 heterocycles. The Bertz CT molecular complexity index is 527. The van der Waals surface area contributed by atoms with Crippen LogP contribution in [0.4, 0.5) is 0 Å². The largest absolute Gasteiger partial charge is 0.389 e. The molecule has 0 bridgehead atoms. The summed E-state index contributed by atoms with van der Waals surface area (Å²) in [5, 5.41) is 0. The first-order chi connectivity index (χ1) is 8.45. The fraction of sp³-hybridized carbons (Fsp3) is 0.417. The van der Waals surface area contributed by atoms with Gasteiger partial charge in [0, 0.05) is 18.7 Å². The Kier molecular flexibility index (Phi) is 5.25. The van der Waals surface area contributed by atoms with Crippen molar-refractivity contribution in [1.29, 1.82) is 0 Å². The van der Waals surface area contributed by atoms with Gasteiger partial charge in [-0.15, -0.1) is 0 Å². The molecule has 1 aromatic carbocycles. The van der Waals surface area contributed by atoms with Gasteiger partial charge in [-0.1, -0.05) is 44.3 Å². The van der Waals surface area contributed by atoms with Gasteiger partial charge in [0.1, 0.15) is 4.99 Å². The first kappa shape index (κ1) is 15.1. The van der Waals surface area contributed by atoms with E-state index in [9.17, 15) is 8.42 Å². The number of benzene rings is 1. The van der Waals surface area contributed by atoms with E-state index in [1.807, 2.05) is 13.8 Å². The van der Waals surface area contributed by atoms with Gasteiger partial charge in [0.05, 0.1) is 4.90 Å². The molecule has 6 heteroatoms. The molecule has 0 unspecified atom stereocenters. The van der Waals surface area contributed by atoms with Crippen LogP contribution in [0.5, 0.6) is 0 Å². The fourth-order valence-corrected chi connectivity index (χ4v) is 3.72. The summed E-state index contributed by atoms with van der Waals surface area (Å²) in [7, 11) is -3.52. The second-order valence-corrected chi connectivity index (χ2v) is 6.20. The molecular weight excluding hydrogens is 268 g/mol. The maximum atomic E-state index is 12.5. The van der Waals surface area contributed by atoms with E-state index in [4.69, 9.17) is 18.0 Å². The van der Waals surface area contributed by atoms with Gasteiger partial charge >= 0.3 is 0 Å². The zero-order valence-corrected chi connectivity index (χ0v) is 12.2. The molecule has 0 aliphatic carbocycles. The third-order valence-corrected chi connectivity index (χ3v) is 4.85. The first-order valence-electron chi connectivity index (χ1n) is 5.84. The number of hydrogen-bond acceptors (Lipinski definition) is 3. The molecule has 18 heavy (non-hydrogen) atoms. The van der Waals surface area contributed by atoms with Crippen molar-refractivity contribution in [3.63, 3.8) is 0 Å². The van der Waals surface area contributed by atoms with Crippen LogP contribution in [0.25, 0.3) is 0 Å². The minimum atomic E-state index is -3.52. The summed E-state index contributed by atoms with van der Waals surface area (Å²) in [5.41, 5.74) is 5.98. The van der Waals surface area contributed by atoms with E-state index < -0.39 is 10.0 Å². The molecule has 4 nitrogen and oxygen atoms in total. The number of rotatable bonds is 6. The van der Waals surface area contributed by atoms with E-state index in [-0.39, 0.29) is 9.88 Å². The molecule has 0 atom stereocenters. The average Bonchev–Trinajstić information content (AvgIpc) is 2.35. The third kappa shape index (κ3) is 3.07. The van der Waals surface area contributed by atoms with Crippen LogP contribution in [0.15, 0.2) is 29.2 Å². The van der Waals surface area contributed by atoms with Gasteiger partial charge in [-0.3, -0.25) is 0 Å². The lowest BCUT2D eigenvalue weighted by atomic mass is 10.2. The first-order valence-corrected chi connectivity index (χ1v) is 7.69. The second kappa shape index (κ2) is 6.26. The highest BCUT2D eigenvalue weighted by Crippen LogP contribution is 2.20. The molecule has 0 aliphatic heterocycles. The van der Waals surface area contributed by atoms with Crippen molar-refractivity contribution in [2.45, 2.75) is 25.2 Å². The van der Waals surface area contributed by atoms with Crippen LogP contribution in [0, 0.1) is 0 Å². The summed E-state index contributed by atoms with van der Waals surface area (Å²) in [6, 6.07) is 6.58. The van der Waals surface area contributed by atoms with Crippen molar-refractivity contribution in [1.82, 2.24) is 4.31 Å². The fourth-order valence-electron chi connectivity index (χ4n) is 1.73. The maximum Gasteiger partial charge on any atom is 0.243 e. The summed E-state index contributed by atoms with van der Waals surface area (Å²) in [6.07, 6.45) is 0.766. The van der Waals surface area contributed by atoms with Crippen molar-refractivity contribution in [2.24, 2.45) is 5.73 Å². The van der Waals surface area contributed by atoms with Crippen LogP contribution in [0.2, 0.25) is 0 Å². The quantitative estimate of drug-likeness (QED) is 0.809. The summed E-state index contributed by atoms with van der Waals surface area (Å²) in [6.45, 7) is 4.68. The number of nitrogens with two attached hydrogens (primary N) is 1. The molecule has 0 spiro atoms. The summed E-state index contributed by atoms with van der Waals surface area (Å²) in [5.74, 6) is 0. The maximum absolute atomic E-state index is 12.5. The molecule has 0 saturated carbocycles. The number of hydrogen-bond donors (Lipinski definition) is 1. The van der Waals surface area contributed by atoms with E-state index >= 15 is 0 Å². The number of sulfonamides is 1. The van der Waals surface area contributed by atoms with Gasteiger partial charge in [-0.25, -0.2) is 8.42 Å². The lowest BCUT2D eigenvalue weighted by Gasteiger charge is -2.21. The van der Waals surface area contributed by atoms with Crippen molar-refractivity contribution >= 4 is 27.2 Å². The third-order valence-electron chi connectivity index (χ3n) is 2.60. The summed E-state index contributed by atoms with van der Waals surface area (Å²) >= 11 is 4.90. The predicted octanol–water partition coefficient (Wildman–Crippen LogP) is 1.74. The lowest BCUT2D eigenvalue weighted by Crippen LogP contribution is -2.33. The highest BCUT2D eigenvalue weighted by Gasteiger charge is 2.25. The van der Waals surface area contributed by atoms with Crippen LogP contribution < -0.4 is 5.73 Å². The Morgan fingerprint density at radius 1 is 1.33 bits per heavy atom. The molecule has 0 amide bonds. The molecule has 2 N–H and O–H groups in total. The van der Waals surface area contributed by atoms with Crippen molar-refractivity contribution in [3.8, 4) is 0 Å². The van der Waals surface area contributed by atoms with Gasteiger partial charge in [-0.05, 0) is 12.5 Å². The molecule has 0 fully saturated rings. The Balaban J connectivity index is 3.32. The molecule has 100 valence electrons. The molecule has 0 radical (unpaired) electrons. The smallest absolute Gasteiger partial charge is 0.243 e. The molecule has 0 aliphatic rings. The highest BCUT2D eigenvalue weighted by molar-refractivity contribution is 7.89. The van der Waals surface area contributed by atoms with Crippen LogP contribution in [-0.2, 0) is 10.0 Å². The summed E-state index contributed by atoms with van der Waals surface area (Å²) in [4.78, 5) is 0.287. The minimum Gasteiger partial charge on any atom is -0.389 e. The van der Waals surface area contributed by atoms with Crippen molar-refractivity contribution in [3.05, 3.63) is 29.8 Å². The van der Waals surface area contributed by atoms with Crippen LogP contribution in [0.1, 0.15) is 25.8 Å². The van der Waals surface area contributed by atoms with Gasteiger partial charge < -0.3 is 5.73 Å². The Labute approximate surface area is 114 Å². The van der Waals surface area contributed by atoms with Crippen molar-refractivity contribution in [2.75, 3.05) is 13.1 Å². The molecule has 1 rings (SSSR count). The lowest BCUT2D eigenvalue weighted by molar-refractivity contribution is 0.427. The molecule has 0 saturated heterocycles. The SMILES string of the molecule is CCCN(CC)S(=O)(=O)c1ccccc1C(N)=S. The van der Waals surface area contributed by atoms with E-state index in [0.717, 1.165) is 6.42 Å². The van der Waals surface area contributed by atoms with Gasteiger partial charge in [0.15, 0.2) is 0 Å². The zero-order valence-electron chi connectivity index (χ0n) is 10.6. The normalized spacial score (nSPS) is 11.7. The summed E-state index contributed by atoms with van der Waals surface area (Å²) < 4.78 is 26.4. The molecule has 0 aromatic heterocycles.